The van der Waals surface area contributed by atoms with Gasteiger partial charge in [0.15, 0.2) is 0 Å². The van der Waals surface area contributed by atoms with Crippen molar-refractivity contribution in [3.63, 3.8) is 0 Å². The topological polar surface area (TPSA) is 25.8 Å². The van der Waals surface area contributed by atoms with Crippen LogP contribution in [0.2, 0.25) is 0 Å². The van der Waals surface area contributed by atoms with Gasteiger partial charge in [-0.3, -0.25) is 0 Å². The zero-order chi connectivity index (χ0) is 30.3. The largest absolute Gasteiger partial charge is 0.245 e. The Morgan fingerprint density at radius 1 is 0.467 bits per heavy atom. The van der Waals surface area contributed by atoms with E-state index in [0.717, 1.165) is 72.1 Å². The monoisotopic (exact) mass is 574 g/mol. The van der Waals surface area contributed by atoms with E-state index in [0.29, 0.717) is 0 Å². The van der Waals surface area contributed by atoms with Crippen LogP contribution in [0.5, 0.6) is 0 Å². The minimum Gasteiger partial charge on any atom is -0.245 e. The van der Waals surface area contributed by atoms with E-state index in [1.54, 1.807) is 0 Å². The summed E-state index contributed by atoms with van der Waals surface area (Å²) in [6, 6.07) is 51.6. The number of nitrogens with zero attached hydrogens (tertiary/aromatic N) is 2. The van der Waals surface area contributed by atoms with Crippen LogP contribution in [0.4, 0.5) is 0 Å². The van der Waals surface area contributed by atoms with Crippen LogP contribution in [0.3, 0.4) is 0 Å². The lowest BCUT2D eigenvalue weighted by Crippen LogP contribution is -1.96. The van der Waals surface area contributed by atoms with E-state index in [-0.39, 0.29) is 0 Å². The Hall–Kier alpha value is -5.86. The Balaban J connectivity index is 1.47. The fourth-order valence-electron chi connectivity index (χ4n) is 6.40. The summed E-state index contributed by atoms with van der Waals surface area (Å²) in [4.78, 5) is 10.8. The average molecular weight is 575 g/mol. The molecule has 0 bridgehead atoms. The second-order valence-corrected chi connectivity index (χ2v) is 11.5. The van der Waals surface area contributed by atoms with E-state index in [9.17, 15) is 0 Å². The molecule has 0 aliphatic heterocycles. The van der Waals surface area contributed by atoms with Gasteiger partial charge in [0.05, 0.1) is 22.4 Å². The maximum Gasteiger partial charge on any atom is 0.0978 e. The molecule has 45 heavy (non-hydrogen) atoms. The number of hydrogen-bond donors (Lipinski definition) is 0. The predicted octanol–water partition coefficient (Wildman–Crippen LogP) is 11.6. The quantitative estimate of drug-likeness (QED) is 0.191. The zero-order valence-electron chi connectivity index (χ0n) is 25.0. The number of benzene rings is 6. The molecule has 2 aromatic heterocycles. The molecule has 0 spiro atoms. The number of pyridine rings is 2. The minimum atomic E-state index is 0.897. The Labute approximate surface area is 263 Å². The SMILES string of the molecule is C=Cc1ccc(-c2cc(-c3ccccc3)c3ccc4c(-c5ccccc5)cc(-c5ccc6ccccc6c5)nc4c3n2)cc1C. The molecule has 0 atom stereocenters. The molecule has 212 valence electrons. The molecule has 0 radical (unpaired) electrons. The molecule has 2 heterocycles. The summed E-state index contributed by atoms with van der Waals surface area (Å²) in [6.07, 6.45) is 1.90. The second-order valence-electron chi connectivity index (χ2n) is 11.5. The first kappa shape index (κ1) is 26.7. The Kier molecular flexibility index (Phi) is 6.54. The first-order valence-corrected chi connectivity index (χ1v) is 15.3. The van der Waals surface area contributed by atoms with Crippen molar-refractivity contribution in [2.45, 2.75) is 6.92 Å². The van der Waals surface area contributed by atoms with Gasteiger partial charge in [-0.25, -0.2) is 9.97 Å². The Bertz CT molecular complexity index is 2390. The molecule has 0 aliphatic rings. The molecule has 2 nitrogen and oxygen atoms in total. The minimum absolute atomic E-state index is 0.897. The third-order valence-corrected chi connectivity index (χ3v) is 8.76. The van der Waals surface area contributed by atoms with Gasteiger partial charge in [-0.2, -0.15) is 0 Å². The highest BCUT2D eigenvalue weighted by atomic mass is 14.8. The van der Waals surface area contributed by atoms with Gasteiger partial charge in [0.2, 0.25) is 0 Å². The van der Waals surface area contributed by atoms with Crippen LogP contribution in [0.25, 0.3) is 83.4 Å². The normalized spacial score (nSPS) is 11.3. The standard InChI is InChI=1S/C43H30N2/c1-3-29-18-20-34(24-28(29)2)40-26-38(31-13-6-4-7-14-31)36-22-23-37-39(32-15-8-5-9-16-32)27-41(45-43(37)42(36)44-40)35-21-19-30-12-10-11-17-33(30)25-35/h3-27H,1H2,2H3. The molecule has 8 rings (SSSR count). The van der Waals surface area contributed by atoms with E-state index in [1.807, 2.05) is 6.08 Å². The van der Waals surface area contributed by atoms with Gasteiger partial charge in [0.25, 0.3) is 0 Å². The Morgan fingerprint density at radius 3 is 1.53 bits per heavy atom. The molecule has 8 aromatic rings. The summed E-state index contributed by atoms with van der Waals surface area (Å²) < 4.78 is 0. The Morgan fingerprint density at radius 2 is 0.978 bits per heavy atom. The molecule has 0 N–H and O–H groups in total. The average Bonchev–Trinajstić information content (AvgIpc) is 3.11. The molecule has 0 unspecified atom stereocenters. The first-order chi connectivity index (χ1) is 22.2. The summed E-state index contributed by atoms with van der Waals surface area (Å²) in [5.41, 5.74) is 12.7. The molecular formula is C43H30N2. The van der Waals surface area contributed by atoms with Gasteiger partial charge in [0, 0.05) is 21.9 Å². The number of hydrogen-bond acceptors (Lipinski definition) is 2. The number of rotatable bonds is 5. The van der Waals surface area contributed by atoms with Crippen molar-refractivity contribution in [1.29, 1.82) is 0 Å². The van der Waals surface area contributed by atoms with Crippen molar-refractivity contribution in [2.24, 2.45) is 0 Å². The number of fused-ring (bicyclic) bond motifs is 4. The van der Waals surface area contributed by atoms with Crippen LogP contribution in [-0.4, -0.2) is 9.97 Å². The van der Waals surface area contributed by atoms with Gasteiger partial charge in [-0.05, 0) is 75.3 Å². The molecule has 0 amide bonds. The summed E-state index contributed by atoms with van der Waals surface area (Å²) in [5, 5.41) is 4.58. The summed E-state index contributed by atoms with van der Waals surface area (Å²) >= 11 is 0. The van der Waals surface area contributed by atoms with E-state index >= 15 is 0 Å². The summed E-state index contributed by atoms with van der Waals surface area (Å²) in [6.45, 7) is 6.11. The second kappa shape index (κ2) is 11.0. The van der Waals surface area contributed by atoms with E-state index in [2.05, 4.69) is 159 Å². The molecule has 0 saturated carbocycles. The molecule has 0 aliphatic carbocycles. The highest BCUT2D eigenvalue weighted by Gasteiger charge is 2.17. The van der Waals surface area contributed by atoms with Crippen LogP contribution in [-0.2, 0) is 0 Å². The third-order valence-electron chi connectivity index (χ3n) is 8.76. The van der Waals surface area contributed by atoms with Gasteiger partial charge in [-0.1, -0.05) is 134 Å². The fraction of sp³-hybridized carbons (Fsp3) is 0.0233. The van der Waals surface area contributed by atoms with Gasteiger partial charge in [0.1, 0.15) is 0 Å². The predicted molar refractivity (Wildman–Crippen MR) is 191 cm³/mol. The third kappa shape index (κ3) is 4.77. The van der Waals surface area contributed by atoms with Crippen molar-refractivity contribution < 1.29 is 0 Å². The number of aromatic nitrogens is 2. The van der Waals surface area contributed by atoms with Crippen LogP contribution < -0.4 is 0 Å². The van der Waals surface area contributed by atoms with Gasteiger partial charge >= 0.3 is 0 Å². The van der Waals surface area contributed by atoms with Gasteiger partial charge in [-0.15, -0.1) is 0 Å². The lowest BCUT2D eigenvalue weighted by atomic mass is 9.93. The molecule has 0 fully saturated rings. The van der Waals surface area contributed by atoms with Gasteiger partial charge < -0.3 is 0 Å². The van der Waals surface area contributed by atoms with Crippen molar-refractivity contribution in [3.8, 4) is 44.8 Å². The van der Waals surface area contributed by atoms with Crippen molar-refractivity contribution in [3.05, 3.63) is 163 Å². The van der Waals surface area contributed by atoms with Crippen molar-refractivity contribution >= 4 is 38.7 Å². The molecule has 2 heteroatoms. The first-order valence-electron chi connectivity index (χ1n) is 15.3. The zero-order valence-corrected chi connectivity index (χ0v) is 25.0. The van der Waals surface area contributed by atoms with Crippen molar-refractivity contribution in [1.82, 2.24) is 9.97 Å². The highest BCUT2D eigenvalue weighted by Crippen LogP contribution is 2.39. The highest BCUT2D eigenvalue weighted by molar-refractivity contribution is 6.13. The van der Waals surface area contributed by atoms with Crippen LogP contribution >= 0.6 is 0 Å². The van der Waals surface area contributed by atoms with E-state index in [4.69, 9.17) is 9.97 Å². The fourth-order valence-corrected chi connectivity index (χ4v) is 6.40. The summed E-state index contributed by atoms with van der Waals surface area (Å²) in [5.74, 6) is 0. The van der Waals surface area contributed by atoms with Crippen LogP contribution in [0.15, 0.2) is 152 Å². The van der Waals surface area contributed by atoms with Crippen LogP contribution in [0.1, 0.15) is 11.1 Å². The smallest absolute Gasteiger partial charge is 0.0978 e. The lowest BCUT2D eigenvalue weighted by Gasteiger charge is -2.16. The lowest BCUT2D eigenvalue weighted by molar-refractivity contribution is 1.35. The molecule has 0 saturated heterocycles. The molecular weight excluding hydrogens is 544 g/mol. The van der Waals surface area contributed by atoms with E-state index in [1.165, 1.54) is 16.3 Å². The van der Waals surface area contributed by atoms with Crippen molar-refractivity contribution in [2.75, 3.05) is 0 Å². The van der Waals surface area contributed by atoms with E-state index < -0.39 is 0 Å². The summed E-state index contributed by atoms with van der Waals surface area (Å²) in [7, 11) is 0. The maximum atomic E-state index is 5.41. The maximum absolute atomic E-state index is 5.41. The molecule has 6 aromatic carbocycles. The van der Waals surface area contributed by atoms with Crippen LogP contribution in [0, 0.1) is 6.92 Å². The number of aryl methyl sites for hydroxylation is 1.